The van der Waals surface area contributed by atoms with Crippen molar-refractivity contribution in [1.82, 2.24) is 10.6 Å². The highest BCUT2D eigenvalue weighted by molar-refractivity contribution is 6.60. The van der Waals surface area contributed by atoms with E-state index >= 15 is 0 Å². The van der Waals surface area contributed by atoms with Gasteiger partial charge < -0.3 is 23.9 Å². The van der Waals surface area contributed by atoms with Gasteiger partial charge in [0, 0.05) is 46.5 Å². The molecule has 0 unspecified atom stereocenters. The molecule has 0 spiro atoms. The Labute approximate surface area is 170 Å². The van der Waals surface area contributed by atoms with Gasteiger partial charge in [0.05, 0.1) is 0 Å². The lowest BCUT2D eigenvalue weighted by molar-refractivity contribution is 0.0988. The van der Waals surface area contributed by atoms with Crippen molar-refractivity contribution in [2.24, 2.45) is 0 Å². The topological polar surface area (TPSA) is 51.8 Å². The molecule has 6 heteroatoms. The van der Waals surface area contributed by atoms with Crippen LogP contribution < -0.4 is 10.6 Å². The standard InChI is InChI=1S/C22H34N2O3Si/c1-25-28(26-2,27-18-14-21-10-5-3-6-11-21)19-9-15-23-16-17-24-20-22-12-7-4-8-13-22/h3-8,10-13,23-24H,9,14-20H2,1-2H3. The van der Waals surface area contributed by atoms with Gasteiger partial charge in [0.15, 0.2) is 0 Å². The fourth-order valence-corrected chi connectivity index (χ4v) is 4.98. The van der Waals surface area contributed by atoms with Crippen molar-refractivity contribution in [3.63, 3.8) is 0 Å². The summed E-state index contributed by atoms with van der Waals surface area (Å²) in [4.78, 5) is 0. The number of nitrogens with one attached hydrogen (secondary N) is 2. The molecule has 0 aliphatic heterocycles. The first-order valence-corrected chi connectivity index (χ1v) is 11.9. The van der Waals surface area contributed by atoms with E-state index in [2.05, 4.69) is 47.0 Å². The third-order valence-corrected chi connectivity index (χ3v) is 7.52. The van der Waals surface area contributed by atoms with Gasteiger partial charge in [0.1, 0.15) is 0 Å². The van der Waals surface area contributed by atoms with Gasteiger partial charge >= 0.3 is 8.80 Å². The SMILES string of the molecule is CO[Si](CCCNCCNCc1ccccc1)(OC)OCCc1ccccc1. The number of rotatable bonds is 15. The third kappa shape index (κ3) is 8.64. The molecule has 0 aromatic heterocycles. The van der Waals surface area contributed by atoms with Crippen molar-refractivity contribution in [1.29, 1.82) is 0 Å². The van der Waals surface area contributed by atoms with Crippen LogP contribution in [0.3, 0.4) is 0 Å². The van der Waals surface area contributed by atoms with Gasteiger partial charge in [-0.05, 0) is 30.5 Å². The van der Waals surface area contributed by atoms with Crippen molar-refractivity contribution in [3.05, 3.63) is 71.8 Å². The van der Waals surface area contributed by atoms with Crippen LogP contribution in [0.15, 0.2) is 60.7 Å². The van der Waals surface area contributed by atoms with E-state index in [1.165, 1.54) is 11.1 Å². The summed E-state index contributed by atoms with van der Waals surface area (Å²) in [6.45, 7) is 4.34. The average Bonchev–Trinajstić information content (AvgIpc) is 2.76. The fourth-order valence-electron chi connectivity index (χ4n) is 3.01. The highest BCUT2D eigenvalue weighted by atomic mass is 28.4. The highest BCUT2D eigenvalue weighted by Crippen LogP contribution is 2.16. The van der Waals surface area contributed by atoms with E-state index in [9.17, 15) is 0 Å². The Morgan fingerprint density at radius 2 is 1.36 bits per heavy atom. The molecule has 0 radical (unpaired) electrons. The minimum Gasteiger partial charge on any atom is -0.377 e. The zero-order valence-corrected chi connectivity index (χ0v) is 18.2. The molecular formula is C22H34N2O3Si. The van der Waals surface area contributed by atoms with Gasteiger partial charge in [-0.2, -0.15) is 0 Å². The van der Waals surface area contributed by atoms with Gasteiger partial charge in [0.2, 0.25) is 0 Å². The lowest BCUT2D eigenvalue weighted by Gasteiger charge is -2.26. The molecule has 28 heavy (non-hydrogen) atoms. The Kier molecular flexibility index (Phi) is 11.0. The van der Waals surface area contributed by atoms with Gasteiger partial charge in [-0.15, -0.1) is 0 Å². The molecule has 154 valence electrons. The molecule has 0 saturated carbocycles. The largest absolute Gasteiger partial charge is 0.500 e. The summed E-state index contributed by atoms with van der Waals surface area (Å²) in [7, 11) is 0.815. The summed E-state index contributed by atoms with van der Waals surface area (Å²) in [5.41, 5.74) is 2.58. The second kappa shape index (κ2) is 13.6. The van der Waals surface area contributed by atoms with Crippen molar-refractivity contribution >= 4 is 8.80 Å². The van der Waals surface area contributed by atoms with E-state index in [-0.39, 0.29) is 0 Å². The van der Waals surface area contributed by atoms with E-state index < -0.39 is 8.80 Å². The predicted molar refractivity (Wildman–Crippen MR) is 116 cm³/mol. The van der Waals surface area contributed by atoms with Crippen molar-refractivity contribution < 1.29 is 13.3 Å². The maximum absolute atomic E-state index is 6.08. The van der Waals surface area contributed by atoms with Crippen LogP contribution in [0.1, 0.15) is 17.5 Å². The van der Waals surface area contributed by atoms with E-state index in [0.717, 1.165) is 45.1 Å². The van der Waals surface area contributed by atoms with E-state index in [1.54, 1.807) is 14.2 Å². The van der Waals surface area contributed by atoms with Crippen LogP contribution in [0.2, 0.25) is 6.04 Å². The Hall–Kier alpha value is -1.54. The summed E-state index contributed by atoms with van der Waals surface area (Å²) in [5, 5.41) is 6.91. The van der Waals surface area contributed by atoms with Gasteiger partial charge in [-0.25, -0.2) is 0 Å². The van der Waals surface area contributed by atoms with E-state index in [1.807, 2.05) is 24.3 Å². The van der Waals surface area contributed by atoms with Crippen LogP contribution >= 0.6 is 0 Å². The zero-order valence-electron chi connectivity index (χ0n) is 17.2. The highest BCUT2D eigenvalue weighted by Gasteiger charge is 2.38. The fraction of sp³-hybridized carbons (Fsp3) is 0.455. The first kappa shape index (κ1) is 22.7. The summed E-state index contributed by atoms with van der Waals surface area (Å²) in [5.74, 6) is 0. The normalized spacial score (nSPS) is 11.6. The summed E-state index contributed by atoms with van der Waals surface area (Å²) in [6, 6.07) is 21.6. The zero-order chi connectivity index (χ0) is 19.9. The lowest BCUT2D eigenvalue weighted by Crippen LogP contribution is -2.44. The molecule has 2 aromatic rings. The second-order valence-corrected chi connectivity index (χ2v) is 9.66. The van der Waals surface area contributed by atoms with Crippen LogP contribution in [0, 0.1) is 0 Å². The molecule has 0 heterocycles. The molecule has 0 amide bonds. The molecule has 2 aromatic carbocycles. The van der Waals surface area contributed by atoms with Gasteiger partial charge in [0.25, 0.3) is 0 Å². The van der Waals surface area contributed by atoms with Crippen LogP contribution in [-0.4, -0.2) is 49.3 Å². The molecule has 0 aliphatic carbocycles. The van der Waals surface area contributed by atoms with E-state index in [4.69, 9.17) is 13.3 Å². The van der Waals surface area contributed by atoms with Crippen LogP contribution in [0.5, 0.6) is 0 Å². The Morgan fingerprint density at radius 3 is 2.00 bits per heavy atom. The Morgan fingerprint density at radius 1 is 0.750 bits per heavy atom. The van der Waals surface area contributed by atoms with E-state index in [0.29, 0.717) is 6.61 Å². The van der Waals surface area contributed by atoms with Crippen molar-refractivity contribution in [2.45, 2.75) is 25.4 Å². The second-order valence-electron chi connectivity index (χ2n) is 6.69. The number of hydrogen-bond acceptors (Lipinski definition) is 5. The summed E-state index contributed by atoms with van der Waals surface area (Å²) in [6.07, 6.45) is 1.84. The molecule has 2 N–H and O–H groups in total. The molecule has 0 bridgehead atoms. The molecule has 0 fully saturated rings. The number of benzene rings is 2. The van der Waals surface area contributed by atoms with Crippen LogP contribution in [-0.2, 0) is 26.2 Å². The molecule has 0 saturated heterocycles. The Bertz CT molecular complexity index is 624. The first-order valence-electron chi connectivity index (χ1n) is 10.0. The molecule has 0 aliphatic rings. The average molecular weight is 403 g/mol. The molecule has 0 atom stereocenters. The molecule has 2 rings (SSSR count). The van der Waals surface area contributed by atoms with Crippen LogP contribution in [0.25, 0.3) is 0 Å². The maximum Gasteiger partial charge on any atom is 0.500 e. The quantitative estimate of drug-likeness (QED) is 0.354. The summed E-state index contributed by atoms with van der Waals surface area (Å²) < 4.78 is 17.4. The molecular weight excluding hydrogens is 368 g/mol. The lowest BCUT2D eigenvalue weighted by atomic mass is 10.2. The van der Waals surface area contributed by atoms with Crippen molar-refractivity contribution in [2.75, 3.05) is 40.5 Å². The third-order valence-electron chi connectivity index (χ3n) is 4.66. The smallest absolute Gasteiger partial charge is 0.377 e. The first-order chi connectivity index (χ1) is 13.8. The summed E-state index contributed by atoms with van der Waals surface area (Å²) >= 11 is 0. The maximum atomic E-state index is 6.08. The van der Waals surface area contributed by atoms with Crippen molar-refractivity contribution in [3.8, 4) is 0 Å². The minimum absolute atomic E-state index is 0.620. The van der Waals surface area contributed by atoms with Crippen LogP contribution in [0.4, 0.5) is 0 Å². The molecule has 5 nitrogen and oxygen atoms in total. The number of hydrogen-bond donors (Lipinski definition) is 2. The Balaban J connectivity index is 1.56. The monoisotopic (exact) mass is 402 g/mol. The predicted octanol–water partition coefficient (Wildman–Crippen LogP) is 3.25. The van der Waals surface area contributed by atoms with Gasteiger partial charge in [-0.3, -0.25) is 0 Å². The minimum atomic E-state index is -2.57. The van der Waals surface area contributed by atoms with Gasteiger partial charge in [-0.1, -0.05) is 60.7 Å².